The van der Waals surface area contributed by atoms with Gasteiger partial charge in [0.05, 0.1) is 20.0 Å². The highest BCUT2D eigenvalue weighted by atomic mass is 15.5. The molecule has 1 fully saturated rings. The van der Waals surface area contributed by atoms with Crippen molar-refractivity contribution in [2.24, 2.45) is 0 Å². The second-order valence-electron chi connectivity index (χ2n) is 2.74. The molecule has 0 aromatic heterocycles. The minimum Gasteiger partial charge on any atom is -0.343 e. The standard InChI is InChI=1S/C9H15N3/c1-4-10-7-11(5-2)9-12(6-3)8-10/h4-6H,1-3,7-9H2/p+1. The maximum absolute atomic E-state index is 3.73. The fraction of sp³-hybridized carbons (Fsp3) is 0.333. The smallest absolute Gasteiger partial charge is 0.343 e. The third-order valence-electron chi connectivity index (χ3n) is 1.86. The van der Waals surface area contributed by atoms with E-state index in [-0.39, 0.29) is 1.43 Å². The number of rotatable bonds is 3. The Morgan fingerprint density at radius 2 is 1.00 bits per heavy atom. The second-order valence-corrected chi connectivity index (χ2v) is 2.74. The van der Waals surface area contributed by atoms with E-state index in [1.807, 2.05) is 18.6 Å². The predicted molar refractivity (Wildman–Crippen MR) is 51.8 cm³/mol. The fourth-order valence-electron chi connectivity index (χ4n) is 1.18. The highest BCUT2D eigenvalue weighted by molar-refractivity contribution is 4.84. The van der Waals surface area contributed by atoms with Crippen molar-refractivity contribution in [1.82, 2.24) is 14.7 Å². The van der Waals surface area contributed by atoms with Crippen LogP contribution in [0.5, 0.6) is 0 Å². The highest BCUT2D eigenvalue weighted by Crippen LogP contribution is 2.07. The van der Waals surface area contributed by atoms with Gasteiger partial charge in [-0.25, -0.2) is 0 Å². The van der Waals surface area contributed by atoms with Crippen LogP contribution in [0.15, 0.2) is 38.3 Å². The summed E-state index contributed by atoms with van der Waals surface area (Å²) < 4.78 is 0. The second kappa shape index (κ2) is 3.85. The molecule has 0 unspecified atom stereocenters. The summed E-state index contributed by atoms with van der Waals surface area (Å²) in [4.78, 5) is 6.27. The Balaban J connectivity index is 0.00000144. The van der Waals surface area contributed by atoms with Crippen molar-refractivity contribution in [3.63, 3.8) is 0 Å². The molecule has 3 heteroatoms. The Labute approximate surface area is 75.3 Å². The summed E-state index contributed by atoms with van der Waals surface area (Å²) in [5, 5.41) is 0. The van der Waals surface area contributed by atoms with E-state index in [2.05, 4.69) is 34.4 Å². The van der Waals surface area contributed by atoms with Crippen LogP contribution < -0.4 is 0 Å². The van der Waals surface area contributed by atoms with E-state index in [0.29, 0.717) is 0 Å². The molecule has 0 N–H and O–H groups in total. The van der Waals surface area contributed by atoms with Crippen molar-refractivity contribution in [1.29, 1.82) is 0 Å². The zero-order chi connectivity index (χ0) is 8.97. The minimum absolute atomic E-state index is 0. The molecule has 0 amide bonds. The Kier molecular flexibility index (Phi) is 2.80. The maximum Gasteiger partial charge on any atom is 1.00 e. The van der Waals surface area contributed by atoms with Gasteiger partial charge < -0.3 is 14.7 Å². The molecular formula is C9H16N3+. The van der Waals surface area contributed by atoms with Gasteiger partial charge in [0, 0.05) is 0 Å². The molecule has 12 heavy (non-hydrogen) atoms. The van der Waals surface area contributed by atoms with Gasteiger partial charge in [-0.2, -0.15) is 0 Å². The highest BCUT2D eigenvalue weighted by Gasteiger charge is 2.14. The van der Waals surface area contributed by atoms with Crippen LogP contribution in [0, 0.1) is 0 Å². The molecule has 1 heterocycles. The third kappa shape index (κ3) is 1.81. The van der Waals surface area contributed by atoms with E-state index in [1.54, 1.807) is 0 Å². The largest absolute Gasteiger partial charge is 1.00 e. The van der Waals surface area contributed by atoms with E-state index in [0.717, 1.165) is 20.0 Å². The van der Waals surface area contributed by atoms with Gasteiger partial charge in [-0.3, -0.25) is 0 Å². The van der Waals surface area contributed by atoms with Crippen LogP contribution in [-0.4, -0.2) is 34.7 Å². The summed E-state index contributed by atoms with van der Waals surface area (Å²) in [6.07, 6.45) is 5.48. The Hall–Kier alpha value is -1.38. The molecule has 0 aromatic carbocycles. The first-order chi connectivity index (χ1) is 5.80. The van der Waals surface area contributed by atoms with Crippen LogP contribution in [0.3, 0.4) is 0 Å². The summed E-state index contributed by atoms with van der Waals surface area (Å²) in [6.45, 7) is 13.8. The van der Waals surface area contributed by atoms with Gasteiger partial charge in [-0.15, -0.1) is 0 Å². The molecule has 3 nitrogen and oxygen atoms in total. The average molecular weight is 166 g/mol. The number of hydrogen-bond donors (Lipinski definition) is 0. The van der Waals surface area contributed by atoms with Crippen molar-refractivity contribution >= 4 is 0 Å². The summed E-state index contributed by atoms with van der Waals surface area (Å²) in [6, 6.07) is 0. The summed E-state index contributed by atoms with van der Waals surface area (Å²) >= 11 is 0. The van der Waals surface area contributed by atoms with Crippen LogP contribution in [0.1, 0.15) is 1.43 Å². The summed E-state index contributed by atoms with van der Waals surface area (Å²) in [5.41, 5.74) is 0. The van der Waals surface area contributed by atoms with Gasteiger partial charge in [0.2, 0.25) is 0 Å². The molecular weight excluding hydrogens is 150 g/mol. The lowest BCUT2D eigenvalue weighted by atomic mass is 10.5. The molecule has 1 rings (SSSR count). The average Bonchev–Trinajstić information content (AvgIpc) is 2.16. The van der Waals surface area contributed by atoms with Crippen LogP contribution in [0.4, 0.5) is 0 Å². The lowest BCUT2D eigenvalue weighted by Gasteiger charge is -2.40. The van der Waals surface area contributed by atoms with Gasteiger partial charge >= 0.3 is 1.43 Å². The lowest BCUT2D eigenvalue weighted by molar-refractivity contribution is 0.0560. The minimum atomic E-state index is 0. The zero-order valence-electron chi connectivity index (χ0n) is 8.32. The quantitative estimate of drug-likeness (QED) is 0.626. The molecule has 0 bridgehead atoms. The molecule has 1 saturated heterocycles. The van der Waals surface area contributed by atoms with E-state index in [9.17, 15) is 0 Å². The van der Waals surface area contributed by atoms with Crippen molar-refractivity contribution in [2.45, 2.75) is 0 Å². The monoisotopic (exact) mass is 166 g/mol. The predicted octanol–water partition coefficient (Wildman–Crippen LogP) is 1.32. The molecule has 1 aliphatic rings. The fourth-order valence-corrected chi connectivity index (χ4v) is 1.18. The molecule has 0 atom stereocenters. The van der Waals surface area contributed by atoms with Crippen molar-refractivity contribution < 1.29 is 1.43 Å². The van der Waals surface area contributed by atoms with Crippen molar-refractivity contribution in [2.75, 3.05) is 20.0 Å². The SMILES string of the molecule is C=CN1CN(C=C)CN(C=C)C1.[H+]. The third-order valence-corrected chi connectivity index (χ3v) is 1.86. The molecule has 0 spiro atoms. The van der Waals surface area contributed by atoms with E-state index >= 15 is 0 Å². The van der Waals surface area contributed by atoms with Gasteiger partial charge in [-0.1, -0.05) is 19.7 Å². The van der Waals surface area contributed by atoms with Gasteiger partial charge in [0.1, 0.15) is 0 Å². The van der Waals surface area contributed by atoms with Crippen molar-refractivity contribution in [3.8, 4) is 0 Å². The molecule has 1 aliphatic heterocycles. The number of nitrogens with zero attached hydrogens (tertiary/aromatic N) is 3. The molecule has 0 aliphatic carbocycles. The van der Waals surface area contributed by atoms with Crippen LogP contribution >= 0.6 is 0 Å². The molecule has 66 valence electrons. The topological polar surface area (TPSA) is 9.72 Å². The maximum atomic E-state index is 3.73. The zero-order valence-corrected chi connectivity index (χ0v) is 7.32. The van der Waals surface area contributed by atoms with Gasteiger partial charge in [0.15, 0.2) is 0 Å². The molecule has 0 radical (unpaired) electrons. The molecule has 0 saturated carbocycles. The first-order valence-electron chi connectivity index (χ1n) is 3.90. The summed E-state index contributed by atoms with van der Waals surface area (Å²) in [5.74, 6) is 0. The lowest BCUT2D eigenvalue weighted by Crippen LogP contribution is -2.48. The molecule has 0 aromatic rings. The van der Waals surface area contributed by atoms with Crippen molar-refractivity contribution in [3.05, 3.63) is 38.3 Å². The van der Waals surface area contributed by atoms with E-state index < -0.39 is 0 Å². The van der Waals surface area contributed by atoms with Crippen LogP contribution in [0.2, 0.25) is 0 Å². The Morgan fingerprint density at radius 1 is 0.750 bits per heavy atom. The van der Waals surface area contributed by atoms with E-state index in [4.69, 9.17) is 0 Å². The van der Waals surface area contributed by atoms with Gasteiger partial charge in [-0.05, 0) is 18.6 Å². The summed E-state index contributed by atoms with van der Waals surface area (Å²) in [7, 11) is 0. The van der Waals surface area contributed by atoms with Crippen LogP contribution in [0.25, 0.3) is 0 Å². The van der Waals surface area contributed by atoms with E-state index in [1.165, 1.54) is 0 Å². The number of hydrogen-bond acceptors (Lipinski definition) is 3. The van der Waals surface area contributed by atoms with Gasteiger partial charge in [0.25, 0.3) is 0 Å². The first kappa shape index (κ1) is 8.71. The Bertz CT molecular complexity index is 154. The Morgan fingerprint density at radius 3 is 1.17 bits per heavy atom. The normalized spacial score (nSPS) is 17.5. The first-order valence-corrected chi connectivity index (χ1v) is 3.90. The van der Waals surface area contributed by atoms with Crippen LogP contribution in [-0.2, 0) is 0 Å².